The lowest BCUT2D eigenvalue weighted by Crippen LogP contribution is -2.37. The summed E-state index contributed by atoms with van der Waals surface area (Å²) in [5.74, 6) is -2.84. The maximum absolute atomic E-state index is 15.2. The Balaban J connectivity index is 1.15. The van der Waals surface area contributed by atoms with E-state index in [2.05, 4.69) is 20.2 Å². The molecule has 2 aromatic heterocycles. The Morgan fingerprint density at radius 3 is 2.50 bits per heavy atom. The molecule has 3 heterocycles. The molecule has 48 heavy (non-hydrogen) atoms. The summed E-state index contributed by atoms with van der Waals surface area (Å²) in [7, 11) is 1.52. The van der Waals surface area contributed by atoms with Crippen molar-refractivity contribution in [2.24, 2.45) is 0 Å². The van der Waals surface area contributed by atoms with Crippen molar-refractivity contribution in [3.05, 3.63) is 107 Å². The second kappa shape index (κ2) is 14.5. The maximum atomic E-state index is 15.2. The number of methoxy groups -OCH3 is 1. The first-order valence-corrected chi connectivity index (χ1v) is 15.0. The van der Waals surface area contributed by atoms with E-state index in [0.29, 0.717) is 34.8 Å². The minimum atomic E-state index is -1.16. The highest BCUT2D eigenvalue weighted by Gasteiger charge is 2.18. The summed E-state index contributed by atoms with van der Waals surface area (Å²) in [5.41, 5.74) is -0.868. The molecule has 1 amide bonds. The molecule has 5 aromatic rings. The van der Waals surface area contributed by atoms with Crippen molar-refractivity contribution in [1.29, 1.82) is 0 Å². The largest absolute Gasteiger partial charge is 0.493 e. The quantitative estimate of drug-likeness (QED) is 0.187. The molecule has 14 heteroatoms. The van der Waals surface area contributed by atoms with Crippen LogP contribution >= 0.6 is 0 Å². The minimum absolute atomic E-state index is 0.00705. The molecule has 3 aromatic carbocycles. The van der Waals surface area contributed by atoms with E-state index in [-0.39, 0.29) is 17.1 Å². The number of carbonyl (C=O) groups excluding carboxylic acids is 1. The summed E-state index contributed by atoms with van der Waals surface area (Å²) in [6.45, 7) is 4.66. The van der Waals surface area contributed by atoms with Crippen molar-refractivity contribution < 1.29 is 36.9 Å². The van der Waals surface area contributed by atoms with E-state index in [1.165, 1.54) is 37.7 Å². The van der Waals surface area contributed by atoms with Gasteiger partial charge in [0.2, 0.25) is 0 Å². The number of pyridine rings is 1. The van der Waals surface area contributed by atoms with E-state index in [0.717, 1.165) is 68.2 Å². The summed E-state index contributed by atoms with van der Waals surface area (Å²) >= 11 is 0. The number of anilines is 1. The second-order valence-electron chi connectivity index (χ2n) is 10.7. The van der Waals surface area contributed by atoms with Crippen LogP contribution < -0.4 is 25.1 Å². The van der Waals surface area contributed by atoms with Crippen LogP contribution in [0.25, 0.3) is 16.6 Å². The third kappa shape index (κ3) is 7.24. The molecule has 0 unspecified atom stereocenters. The number of halogens is 3. The fourth-order valence-corrected chi connectivity index (χ4v) is 5.16. The fourth-order valence-electron chi connectivity index (χ4n) is 5.16. The van der Waals surface area contributed by atoms with Crippen molar-refractivity contribution in [3.8, 4) is 28.7 Å². The number of hydrogen-bond donors (Lipinski definition) is 1. The molecule has 0 saturated carbocycles. The van der Waals surface area contributed by atoms with Gasteiger partial charge in [-0.2, -0.15) is 0 Å². The molecule has 1 N–H and O–H groups in total. The highest BCUT2D eigenvalue weighted by Crippen LogP contribution is 2.38. The highest BCUT2D eigenvalue weighted by atomic mass is 19.2. The van der Waals surface area contributed by atoms with E-state index in [1.54, 1.807) is 18.2 Å². The third-order valence-corrected chi connectivity index (χ3v) is 7.61. The van der Waals surface area contributed by atoms with E-state index < -0.39 is 34.6 Å². The summed E-state index contributed by atoms with van der Waals surface area (Å²) in [4.78, 5) is 36.4. The first-order valence-electron chi connectivity index (χ1n) is 15.0. The van der Waals surface area contributed by atoms with Crippen LogP contribution in [0.2, 0.25) is 0 Å². The van der Waals surface area contributed by atoms with Crippen molar-refractivity contribution in [2.75, 3.05) is 51.9 Å². The molecule has 1 fully saturated rings. The summed E-state index contributed by atoms with van der Waals surface area (Å²) < 4.78 is 66.2. The Labute approximate surface area is 272 Å². The van der Waals surface area contributed by atoms with Crippen molar-refractivity contribution in [2.45, 2.75) is 6.42 Å². The van der Waals surface area contributed by atoms with Gasteiger partial charge in [0.1, 0.15) is 5.75 Å². The van der Waals surface area contributed by atoms with Gasteiger partial charge in [0, 0.05) is 67.5 Å². The van der Waals surface area contributed by atoms with Crippen molar-refractivity contribution in [3.63, 3.8) is 0 Å². The minimum Gasteiger partial charge on any atom is -0.493 e. The van der Waals surface area contributed by atoms with Crippen LogP contribution in [0.5, 0.6) is 23.0 Å². The van der Waals surface area contributed by atoms with Crippen LogP contribution in [0.1, 0.15) is 16.9 Å². The Bertz CT molecular complexity index is 2020. The zero-order valence-corrected chi connectivity index (χ0v) is 25.8. The number of ether oxygens (including phenoxy) is 4. The number of nitrogens with one attached hydrogen (secondary N) is 1. The average Bonchev–Trinajstić information content (AvgIpc) is 3.09. The number of hydrogen-bond acceptors (Lipinski definition) is 9. The number of benzene rings is 3. The Kier molecular flexibility index (Phi) is 9.83. The second-order valence-corrected chi connectivity index (χ2v) is 10.7. The van der Waals surface area contributed by atoms with Gasteiger partial charge in [-0.15, -0.1) is 0 Å². The van der Waals surface area contributed by atoms with Crippen molar-refractivity contribution >= 4 is 22.5 Å². The van der Waals surface area contributed by atoms with E-state index in [4.69, 9.17) is 18.9 Å². The van der Waals surface area contributed by atoms with Crippen LogP contribution in [-0.2, 0) is 4.74 Å². The smallest absolute Gasteiger partial charge is 0.286 e. The molecule has 6 rings (SSSR count). The van der Waals surface area contributed by atoms with Gasteiger partial charge in [-0.1, -0.05) is 0 Å². The number of rotatable bonds is 11. The van der Waals surface area contributed by atoms with Crippen LogP contribution in [-0.4, -0.2) is 71.9 Å². The lowest BCUT2D eigenvalue weighted by molar-refractivity contribution is 0.0357. The predicted molar refractivity (Wildman–Crippen MR) is 170 cm³/mol. The summed E-state index contributed by atoms with van der Waals surface area (Å²) in [5, 5.41) is 2.98. The zero-order chi connectivity index (χ0) is 33.6. The fraction of sp³-hybridized carbons (Fsp3) is 0.235. The SMILES string of the molecule is COc1cc2c(Oc3ccc(NC(=O)c4nccn(-c5ccc(F)c(F)c5)c4=O)cc3F)ccnc2cc1OCCCN1CCOCC1. The van der Waals surface area contributed by atoms with Gasteiger partial charge >= 0.3 is 0 Å². The normalized spacial score (nSPS) is 13.3. The van der Waals surface area contributed by atoms with Crippen LogP contribution in [0, 0.1) is 17.5 Å². The molecule has 11 nitrogen and oxygen atoms in total. The Morgan fingerprint density at radius 1 is 0.896 bits per heavy atom. The Morgan fingerprint density at radius 2 is 1.73 bits per heavy atom. The molecule has 0 aliphatic carbocycles. The van der Waals surface area contributed by atoms with Gasteiger partial charge in [-0.3, -0.25) is 24.0 Å². The number of aromatic nitrogens is 3. The van der Waals surface area contributed by atoms with Gasteiger partial charge in [-0.25, -0.2) is 18.2 Å². The number of carbonyl (C=O) groups is 1. The predicted octanol–water partition coefficient (Wildman–Crippen LogP) is 5.35. The molecule has 0 bridgehead atoms. The van der Waals surface area contributed by atoms with Crippen LogP contribution in [0.15, 0.2) is 78.0 Å². The standard InChI is InChI=1S/C34H30F3N5O6/c1-45-30-19-23-27(20-31(30)47-14-2-10-41-12-15-46-16-13-41)38-8-7-28(23)48-29-6-3-21(17-26(29)37)40-33(43)32-34(44)42(11-9-39-32)22-4-5-24(35)25(36)18-22/h3-9,11,17-20H,2,10,12-16H2,1H3,(H,40,43). The van der Waals surface area contributed by atoms with Gasteiger partial charge < -0.3 is 24.3 Å². The zero-order valence-electron chi connectivity index (χ0n) is 25.8. The first kappa shape index (κ1) is 32.5. The Hall–Kier alpha value is -5.47. The molecule has 0 radical (unpaired) electrons. The van der Waals surface area contributed by atoms with Gasteiger partial charge in [0.25, 0.3) is 11.5 Å². The molecule has 1 aliphatic heterocycles. The average molecular weight is 662 g/mol. The summed E-state index contributed by atoms with van der Waals surface area (Å²) in [6, 6.07) is 11.6. The van der Waals surface area contributed by atoms with E-state index in [9.17, 15) is 18.4 Å². The van der Waals surface area contributed by atoms with Gasteiger partial charge in [0.15, 0.2) is 40.4 Å². The third-order valence-electron chi connectivity index (χ3n) is 7.61. The van der Waals surface area contributed by atoms with Gasteiger partial charge in [0.05, 0.1) is 38.1 Å². The highest BCUT2D eigenvalue weighted by molar-refractivity contribution is 6.02. The molecule has 0 spiro atoms. The molecule has 1 saturated heterocycles. The summed E-state index contributed by atoms with van der Waals surface area (Å²) in [6.07, 6.45) is 4.71. The monoisotopic (exact) mass is 661 g/mol. The first-order chi connectivity index (χ1) is 23.3. The van der Waals surface area contributed by atoms with Crippen molar-refractivity contribution in [1.82, 2.24) is 19.4 Å². The van der Waals surface area contributed by atoms with Crippen LogP contribution in [0.3, 0.4) is 0 Å². The van der Waals surface area contributed by atoms with Gasteiger partial charge in [-0.05, 0) is 42.8 Å². The van der Waals surface area contributed by atoms with Crippen LogP contribution in [0.4, 0.5) is 18.9 Å². The van der Waals surface area contributed by atoms with E-state index in [1.807, 2.05) is 0 Å². The number of nitrogens with zero attached hydrogens (tertiary/aromatic N) is 4. The molecule has 248 valence electrons. The lowest BCUT2D eigenvalue weighted by Gasteiger charge is -2.26. The molecular weight excluding hydrogens is 631 g/mol. The van der Waals surface area contributed by atoms with E-state index >= 15 is 4.39 Å². The molecule has 1 aliphatic rings. The lowest BCUT2D eigenvalue weighted by atomic mass is 10.1. The topological polar surface area (TPSA) is 117 Å². The number of fused-ring (bicyclic) bond motifs is 1. The maximum Gasteiger partial charge on any atom is 0.286 e. The number of amides is 1. The number of morpholine rings is 1. The molecule has 0 atom stereocenters. The molecular formula is C34H30F3N5O6.